The van der Waals surface area contributed by atoms with Gasteiger partial charge in [-0.25, -0.2) is 0 Å². The normalized spacial score (nSPS) is 12.1. The smallest absolute Gasteiger partial charge is 0.314 e. The third-order valence-corrected chi connectivity index (χ3v) is 1.93. The fraction of sp³-hybridized carbons (Fsp3) is 0.200. The molecule has 0 heterocycles. The topological polar surface area (TPSA) is 74.6 Å². The minimum Gasteiger partial charge on any atom is -0.507 e. The molecule has 1 rings (SSSR count). The van der Waals surface area contributed by atoms with E-state index in [2.05, 4.69) is 0 Å². The molecule has 1 aromatic carbocycles. The molecule has 0 aromatic heterocycles. The third-order valence-electron chi connectivity index (χ3n) is 1.93. The van der Waals surface area contributed by atoms with E-state index < -0.39 is 17.7 Å². The molecule has 14 heavy (non-hydrogen) atoms. The maximum atomic E-state index is 11.5. The first-order valence-corrected chi connectivity index (χ1v) is 4.09. The van der Waals surface area contributed by atoms with E-state index in [0.717, 1.165) is 0 Å². The van der Waals surface area contributed by atoms with Gasteiger partial charge in [0, 0.05) is 0 Å². The van der Waals surface area contributed by atoms with Gasteiger partial charge in [-0.3, -0.25) is 9.59 Å². The predicted molar refractivity (Wildman–Crippen MR) is 49.2 cm³/mol. The van der Waals surface area contributed by atoms with E-state index in [0.29, 0.717) is 0 Å². The molecule has 0 saturated carbocycles. The summed E-state index contributed by atoms with van der Waals surface area (Å²) >= 11 is 0. The quantitative estimate of drug-likeness (QED) is 0.561. The van der Waals surface area contributed by atoms with Crippen LogP contribution < -0.4 is 0 Å². The highest BCUT2D eigenvalue weighted by molar-refractivity contribution is 6.09. The lowest BCUT2D eigenvalue weighted by atomic mass is 9.99. The SMILES string of the molecule is CC(C(=O)O)C(=O)c1ccccc1O. The number of carboxylic acids is 1. The molecular weight excluding hydrogens is 184 g/mol. The molecule has 4 nitrogen and oxygen atoms in total. The van der Waals surface area contributed by atoms with Gasteiger partial charge >= 0.3 is 5.97 Å². The van der Waals surface area contributed by atoms with Crippen LogP contribution in [0.25, 0.3) is 0 Å². The van der Waals surface area contributed by atoms with Crippen molar-refractivity contribution in [2.24, 2.45) is 5.92 Å². The van der Waals surface area contributed by atoms with Crippen LogP contribution in [0, 0.1) is 5.92 Å². The highest BCUT2D eigenvalue weighted by Gasteiger charge is 2.23. The average molecular weight is 194 g/mol. The number of phenolic OH excluding ortho intramolecular Hbond substituents is 1. The van der Waals surface area contributed by atoms with Crippen molar-refractivity contribution in [2.45, 2.75) is 6.92 Å². The second kappa shape index (κ2) is 3.91. The van der Waals surface area contributed by atoms with Crippen LogP contribution in [0.2, 0.25) is 0 Å². The average Bonchev–Trinajstić information content (AvgIpc) is 2.16. The number of hydrogen-bond acceptors (Lipinski definition) is 3. The molecule has 1 atom stereocenters. The van der Waals surface area contributed by atoms with Gasteiger partial charge in [-0.05, 0) is 19.1 Å². The number of phenols is 1. The number of para-hydroxylation sites is 1. The van der Waals surface area contributed by atoms with Gasteiger partial charge in [-0.1, -0.05) is 12.1 Å². The molecule has 0 amide bonds. The van der Waals surface area contributed by atoms with E-state index in [9.17, 15) is 14.7 Å². The minimum atomic E-state index is -1.20. The Labute approximate surface area is 80.8 Å². The van der Waals surface area contributed by atoms with E-state index in [-0.39, 0.29) is 11.3 Å². The zero-order chi connectivity index (χ0) is 10.7. The number of ketones is 1. The summed E-state index contributed by atoms with van der Waals surface area (Å²) in [6.07, 6.45) is 0. The minimum absolute atomic E-state index is 0.0439. The van der Waals surface area contributed by atoms with Crippen molar-refractivity contribution >= 4 is 11.8 Å². The zero-order valence-electron chi connectivity index (χ0n) is 7.60. The van der Waals surface area contributed by atoms with Gasteiger partial charge in [0.15, 0.2) is 5.78 Å². The zero-order valence-corrected chi connectivity index (χ0v) is 7.60. The summed E-state index contributed by atoms with van der Waals surface area (Å²) in [6.45, 7) is 1.29. The summed E-state index contributed by atoms with van der Waals surface area (Å²) in [5.41, 5.74) is 0.0439. The van der Waals surface area contributed by atoms with E-state index in [1.807, 2.05) is 0 Å². The maximum Gasteiger partial charge on any atom is 0.314 e. The molecule has 0 radical (unpaired) electrons. The molecule has 0 saturated heterocycles. The van der Waals surface area contributed by atoms with Gasteiger partial charge in [0.05, 0.1) is 5.56 Å². The summed E-state index contributed by atoms with van der Waals surface area (Å²) in [4.78, 5) is 22.0. The fourth-order valence-corrected chi connectivity index (χ4v) is 1.03. The lowest BCUT2D eigenvalue weighted by molar-refractivity contribution is -0.139. The molecule has 0 aliphatic heterocycles. The number of Topliss-reactive ketones (excluding diaryl/α,β-unsaturated/α-hetero) is 1. The first kappa shape index (κ1) is 10.2. The van der Waals surface area contributed by atoms with Gasteiger partial charge in [-0.15, -0.1) is 0 Å². The number of rotatable bonds is 3. The van der Waals surface area contributed by atoms with E-state index in [4.69, 9.17) is 5.11 Å². The molecule has 0 aliphatic carbocycles. The molecule has 2 N–H and O–H groups in total. The lowest BCUT2D eigenvalue weighted by Gasteiger charge is -2.06. The molecule has 0 fully saturated rings. The highest BCUT2D eigenvalue weighted by atomic mass is 16.4. The van der Waals surface area contributed by atoms with Crippen molar-refractivity contribution in [3.63, 3.8) is 0 Å². The predicted octanol–water partition coefficient (Wildman–Crippen LogP) is 1.30. The number of carboxylic acid groups (broad SMARTS) is 1. The van der Waals surface area contributed by atoms with E-state index in [1.54, 1.807) is 12.1 Å². The van der Waals surface area contributed by atoms with Crippen LogP contribution in [0.15, 0.2) is 24.3 Å². The Bertz CT molecular complexity index is 370. The summed E-state index contributed by atoms with van der Waals surface area (Å²) in [5.74, 6) is -3.11. The summed E-state index contributed by atoms with van der Waals surface area (Å²) in [6, 6.07) is 5.89. The van der Waals surface area contributed by atoms with Crippen LogP contribution >= 0.6 is 0 Å². The Morgan fingerprint density at radius 1 is 1.29 bits per heavy atom. The first-order chi connectivity index (χ1) is 6.54. The van der Waals surface area contributed by atoms with Crippen LogP contribution in [0.3, 0.4) is 0 Å². The molecule has 0 spiro atoms. The lowest BCUT2D eigenvalue weighted by Crippen LogP contribution is -2.20. The molecular formula is C10H10O4. The standard InChI is InChI=1S/C10H10O4/c1-6(10(13)14)9(12)7-4-2-3-5-8(7)11/h2-6,11H,1H3,(H,13,14). The molecule has 0 bridgehead atoms. The summed E-state index contributed by atoms with van der Waals surface area (Å²) < 4.78 is 0. The Kier molecular flexibility index (Phi) is 2.86. The Morgan fingerprint density at radius 3 is 2.36 bits per heavy atom. The number of benzene rings is 1. The van der Waals surface area contributed by atoms with Gasteiger partial charge < -0.3 is 10.2 Å². The van der Waals surface area contributed by atoms with E-state index >= 15 is 0 Å². The number of carbonyl (C=O) groups excluding carboxylic acids is 1. The summed E-state index contributed by atoms with van der Waals surface area (Å²) in [5, 5.41) is 17.9. The fourth-order valence-electron chi connectivity index (χ4n) is 1.03. The molecule has 0 aliphatic rings. The summed E-state index contributed by atoms with van der Waals surface area (Å²) in [7, 11) is 0. The van der Waals surface area contributed by atoms with Crippen molar-refractivity contribution in [3.05, 3.63) is 29.8 Å². The van der Waals surface area contributed by atoms with Crippen molar-refractivity contribution in [2.75, 3.05) is 0 Å². The van der Waals surface area contributed by atoms with Gasteiger partial charge in [0.1, 0.15) is 11.7 Å². The van der Waals surface area contributed by atoms with Crippen LogP contribution in [0.1, 0.15) is 17.3 Å². The van der Waals surface area contributed by atoms with Crippen molar-refractivity contribution in [1.82, 2.24) is 0 Å². The second-order valence-corrected chi connectivity index (χ2v) is 2.94. The van der Waals surface area contributed by atoms with Crippen LogP contribution in [0.5, 0.6) is 5.75 Å². The Morgan fingerprint density at radius 2 is 1.86 bits per heavy atom. The Hall–Kier alpha value is -1.84. The monoisotopic (exact) mass is 194 g/mol. The van der Waals surface area contributed by atoms with Crippen LogP contribution in [-0.4, -0.2) is 22.0 Å². The number of aliphatic carboxylic acids is 1. The number of carbonyl (C=O) groups is 2. The molecule has 74 valence electrons. The van der Waals surface area contributed by atoms with Gasteiger partial charge in [-0.2, -0.15) is 0 Å². The van der Waals surface area contributed by atoms with Gasteiger partial charge in [0.2, 0.25) is 0 Å². The molecule has 1 aromatic rings. The van der Waals surface area contributed by atoms with Crippen LogP contribution in [-0.2, 0) is 4.79 Å². The van der Waals surface area contributed by atoms with Gasteiger partial charge in [0.25, 0.3) is 0 Å². The van der Waals surface area contributed by atoms with E-state index in [1.165, 1.54) is 19.1 Å². The van der Waals surface area contributed by atoms with Crippen LogP contribution in [0.4, 0.5) is 0 Å². The largest absolute Gasteiger partial charge is 0.507 e. The van der Waals surface area contributed by atoms with Crippen molar-refractivity contribution in [3.8, 4) is 5.75 Å². The highest BCUT2D eigenvalue weighted by Crippen LogP contribution is 2.19. The number of aromatic hydroxyl groups is 1. The Balaban J connectivity index is 3.01. The first-order valence-electron chi connectivity index (χ1n) is 4.09. The molecule has 4 heteroatoms. The van der Waals surface area contributed by atoms with Crippen molar-refractivity contribution in [1.29, 1.82) is 0 Å². The number of hydrogen-bond donors (Lipinski definition) is 2. The maximum absolute atomic E-state index is 11.5. The van der Waals surface area contributed by atoms with Crippen molar-refractivity contribution < 1.29 is 19.8 Å². The molecule has 1 unspecified atom stereocenters. The third kappa shape index (κ3) is 1.90. The second-order valence-electron chi connectivity index (χ2n) is 2.94.